The van der Waals surface area contributed by atoms with Crippen molar-refractivity contribution in [3.8, 4) is 23.0 Å². The minimum absolute atomic E-state index is 0.430. The summed E-state index contributed by atoms with van der Waals surface area (Å²) in [6, 6.07) is 21.6. The first kappa shape index (κ1) is 11.8. The molecule has 2 aromatic carbocycles. The number of benzene rings is 2. The summed E-state index contributed by atoms with van der Waals surface area (Å²) in [6.07, 6.45) is 0. The normalized spacial score (nSPS) is 10.9. The lowest BCUT2D eigenvalue weighted by Gasteiger charge is -1.98. The van der Waals surface area contributed by atoms with Gasteiger partial charge in [-0.25, -0.2) is 4.98 Å². The Hall–Kier alpha value is -3.01. The summed E-state index contributed by atoms with van der Waals surface area (Å²) in [5, 5.41) is 5.10. The molecule has 0 N–H and O–H groups in total. The molecule has 0 spiro atoms. The smallest absolute Gasteiger partial charge is 0.276 e. The van der Waals surface area contributed by atoms with E-state index in [1.165, 1.54) is 0 Å². The number of fused-ring (bicyclic) bond motifs is 1. The second-order valence-electron chi connectivity index (χ2n) is 4.68. The van der Waals surface area contributed by atoms with Gasteiger partial charge in [0.1, 0.15) is 5.69 Å². The lowest BCUT2D eigenvalue weighted by atomic mass is 10.2. The first-order valence-electron chi connectivity index (χ1n) is 6.65. The van der Waals surface area contributed by atoms with Gasteiger partial charge in [0.05, 0.1) is 5.52 Å². The monoisotopic (exact) mass is 273 g/mol. The second-order valence-corrected chi connectivity index (χ2v) is 4.68. The van der Waals surface area contributed by atoms with Gasteiger partial charge in [-0.3, -0.25) is 0 Å². The van der Waals surface area contributed by atoms with Gasteiger partial charge in [0.15, 0.2) is 0 Å². The van der Waals surface area contributed by atoms with Crippen molar-refractivity contribution >= 4 is 10.9 Å². The van der Waals surface area contributed by atoms with Gasteiger partial charge in [-0.2, -0.15) is 4.98 Å². The van der Waals surface area contributed by atoms with E-state index in [1.807, 2.05) is 66.7 Å². The molecule has 0 atom stereocenters. The molecule has 0 radical (unpaired) electrons. The lowest BCUT2D eigenvalue weighted by Crippen LogP contribution is -1.85. The highest BCUT2D eigenvalue weighted by Gasteiger charge is 2.11. The quantitative estimate of drug-likeness (QED) is 0.555. The fraction of sp³-hybridized carbons (Fsp3) is 0. The maximum atomic E-state index is 5.33. The molecule has 0 aliphatic heterocycles. The van der Waals surface area contributed by atoms with Crippen LogP contribution < -0.4 is 0 Å². The minimum atomic E-state index is 0.430. The summed E-state index contributed by atoms with van der Waals surface area (Å²) >= 11 is 0. The molecule has 2 aromatic heterocycles. The molecule has 0 amide bonds. The Kier molecular flexibility index (Phi) is 2.71. The summed E-state index contributed by atoms with van der Waals surface area (Å²) in [5.74, 6) is 1.00. The van der Waals surface area contributed by atoms with Gasteiger partial charge in [-0.15, -0.1) is 0 Å². The first-order valence-corrected chi connectivity index (χ1v) is 6.65. The summed E-state index contributed by atoms with van der Waals surface area (Å²) in [7, 11) is 0. The predicted octanol–water partition coefficient (Wildman–Crippen LogP) is 3.95. The van der Waals surface area contributed by atoms with Gasteiger partial charge in [0, 0.05) is 10.9 Å². The molecule has 0 bridgehead atoms. The number of pyridine rings is 1. The fourth-order valence-corrected chi connectivity index (χ4v) is 2.22. The van der Waals surface area contributed by atoms with Gasteiger partial charge >= 0.3 is 0 Å². The Labute approximate surface area is 121 Å². The molecule has 4 aromatic rings. The Morgan fingerprint density at radius 3 is 2.43 bits per heavy atom. The highest BCUT2D eigenvalue weighted by atomic mass is 16.5. The van der Waals surface area contributed by atoms with Crippen LogP contribution in [0, 0.1) is 0 Å². The number of para-hydroxylation sites is 1. The zero-order valence-corrected chi connectivity index (χ0v) is 11.1. The van der Waals surface area contributed by atoms with Crippen LogP contribution in [0.2, 0.25) is 0 Å². The van der Waals surface area contributed by atoms with E-state index in [2.05, 4.69) is 15.1 Å². The molecule has 0 fully saturated rings. The van der Waals surface area contributed by atoms with Crippen LogP contribution >= 0.6 is 0 Å². The molecule has 4 heteroatoms. The summed E-state index contributed by atoms with van der Waals surface area (Å²) < 4.78 is 5.33. The summed E-state index contributed by atoms with van der Waals surface area (Å²) in [5.41, 5.74) is 2.52. The molecular formula is C17H11N3O. The number of aromatic nitrogens is 3. The average Bonchev–Trinajstić information content (AvgIpc) is 3.05. The van der Waals surface area contributed by atoms with Crippen LogP contribution in [0.25, 0.3) is 33.9 Å². The maximum Gasteiger partial charge on any atom is 0.276 e. The van der Waals surface area contributed by atoms with Crippen molar-refractivity contribution in [2.24, 2.45) is 0 Å². The van der Waals surface area contributed by atoms with Crippen LogP contribution in [0.5, 0.6) is 0 Å². The van der Waals surface area contributed by atoms with Crippen LogP contribution in [-0.2, 0) is 0 Å². The molecule has 100 valence electrons. The third-order valence-corrected chi connectivity index (χ3v) is 3.28. The summed E-state index contributed by atoms with van der Waals surface area (Å²) in [6.45, 7) is 0. The first-order chi connectivity index (χ1) is 10.4. The molecule has 0 unspecified atom stereocenters. The Balaban J connectivity index is 1.77. The van der Waals surface area contributed by atoms with Crippen LogP contribution in [-0.4, -0.2) is 15.1 Å². The average molecular weight is 273 g/mol. The third kappa shape index (κ3) is 2.17. The molecule has 4 nitrogen and oxygen atoms in total. The Morgan fingerprint density at radius 1 is 0.714 bits per heavy atom. The van der Waals surface area contributed by atoms with Crippen molar-refractivity contribution < 1.29 is 4.52 Å². The topological polar surface area (TPSA) is 51.8 Å². The molecular weight excluding hydrogens is 262 g/mol. The van der Waals surface area contributed by atoms with Gasteiger partial charge in [-0.1, -0.05) is 59.8 Å². The van der Waals surface area contributed by atoms with Crippen molar-refractivity contribution in [1.29, 1.82) is 0 Å². The van der Waals surface area contributed by atoms with Crippen LogP contribution in [0.3, 0.4) is 0 Å². The zero-order valence-electron chi connectivity index (χ0n) is 11.1. The van der Waals surface area contributed by atoms with Crippen molar-refractivity contribution in [2.45, 2.75) is 0 Å². The van der Waals surface area contributed by atoms with E-state index >= 15 is 0 Å². The van der Waals surface area contributed by atoms with Crippen LogP contribution in [0.1, 0.15) is 0 Å². The molecule has 0 aliphatic carbocycles. The largest absolute Gasteiger partial charge is 0.332 e. The van der Waals surface area contributed by atoms with E-state index in [4.69, 9.17) is 4.52 Å². The van der Waals surface area contributed by atoms with Gasteiger partial charge < -0.3 is 4.52 Å². The third-order valence-electron chi connectivity index (χ3n) is 3.28. The van der Waals surface area contributed by atoms with Crippen LogP contribution in [0.4, 0.5) is 0 Å². The van der Waals surface area contributed by atoms with Gasteiger partial charge in [0.2, 0.25) is 5.82 Å². The SMILES string of the molecule is c1ccc(-c2noc(-c3ccc4ccccc4n3)n2)cc1. The van der Waals surface area contributed by atoms with E-state index in [0.717, 1.165) is 16.5 Å². The molecule has 0 saturated carbocycles. The number of hydrogen-bond donors (Lipinski definition) is 0. The van der Waals surface area contributed by atoms with E-state index in [-0.39, 0.29) is 0 Å². The Morgan fingerprint density at radius 2 is 1.52 bits per heavy atom. The van der Waals surface area contributed by atoms with Crippen molar-refractivity contribution in [3.05, 3.63) is 66.7 Å². The van der Waals surface area contributed by atoms with Gasteiger partial charge in [-0.05, 0) is 12.1 Å². The molecule has 2 heterocycles. The second kappa shape index (κ2) is 4.83. The van der Waals surface area contributed by atoms with Crippen LogP contribution in [0.15, 0.2) is 71.3 Å². The fourth-order valence-electron chi connectivity index (χ4n) is 2.22. The van der Waals surface area contributed by atoms with Gasteiger partial charge in [0.25, 0.3) is 5.89 Å². The van der Waals surface area contributed by atoms with E-state index in [0.29, 0.717) is 17.4 Å². The highest BCUT2D eigenvalue weighted by molar-refractivity contribution is 5.80. The molecule has 21 heavy (non-hydrogen) atoms. The lowest BCUT2D eigenvalue weighted by molar-refractivity contribution is 0.431. The zero-order chi connectivity index (χ0) is 14.1. The number of rotatable bonds is 2. The minimum Gasteiger partial charge on any atom is -0.332 e. The van der Waals surface area contributed by atoms with E-state index < -0.39 is 0 Å². The maximum absolute atomic E-state index is 5.33. The highest BCUT2D eigenvalue weighted by Crippen LogP contribution is 2.22. The molecule has 0 saturated heterocycles. The van der Waals surface area contributed by atoms with E-state index in [1.54, 1.807) is 0 Å². The number of nitrogens with zero attached hydrogens (tertiary/aromatic N) is 3. The Bertz CT molecular complexity index is 900. The standard InChI is InChI=1S/C17H11N3O/c1-2-7-13(8-3-1)16-19-17(21-20-16)15-11-10-12-6-4-5-9-14(12)18-15/h1-11H. The van der Waals surface area contributed by atoms with E-state index in [9.17, 15) is 0 Å². The van der Waals surface area contributed by atoms with Crippen molar-refractivity contribution in [1.82, 2.24) is 15.1 Å². The van der Waals surface area contributed by atoms with Crippen molar-refractivity contribution in [2.75, 3.05) is 0 Å². The van der Waals surface area contributed by atoms with Crippen molar-refractivity contribution in [3.63, 3.8) is 0 Å². The predicted molar refractivity (Wildman–Crippen MR) is 80.5 cm³/mol. The number of hydrogen-bond acceptors (Lipinski definition) is 4. The summed E-state index contributed by atoms with van der Waals surface area (Å²) in [4.78, 5) is 8.97. The molecule has 0 aliphatic rings. The molecule has 4 rings (SSSR count).